The van der Waals surface area contributed by atoms with Gasteiger partial charge in [-0.05, 0) is 42.0 Å². The maximum absolute atomic E-state index is 11.8. The summed E-state index contributed by atoms with van der Waals surface area (Å²) in [5, 5.41) is 0.393. The highest BCUT2D eigenvalue weighted by Crippen LogP contribution is 2.22. The van der Waals surface area contributed by atoms with Gasteiger partial charge in [0.25, 0.3) is 11.8 Å². The van der Waals surface area contributed by atoms with E-state index in [1.165, 1.54) is 0 Å². The summed E-state index contributed by atoms with van der Waals surface area (Å²) in [6, 6.07) is 23.5. The summed E-state index contributed by atoms with van der Waals surface area (Å²) in [7, 11) is 0. The molecule has 0 heterocycles. The molecule has 0 aliphatic carbocycles. The van der Waals surface area contributed by atoms with E-state index < -0.39 is 11.8 Å². The highest BCUT2D eigenvalue weighted by Gasteiger charge is 2.08. The number of hydrazine groups is 1. The average Bonchev–Trinajstić information content (AvgIpc) is 2.81. The highest BCUT2D eigenvalue weighted by atomic mass is 35.5. The summed E-state index contributed by atoms with van der Waals surface area (Å²) >= 11 is 5.94. The van der Waals surface area contributed by atoms with Crippen LogP contribution in [0.5, 0.6) is 17.2 Å². The quantitative estimate of drug-likeness (QED) is 0.497. The molecule has 0 aliphatic heterocycles. The Bertz CT molecular complexity index is 996. The van der Waals surface area contributed by atoms with Crippen molar-refractivity contribution in [1.29, 1.82) is 0 Å². The Morgan fingerprint density at radius 3 is 1.87 bits per heavy atom. The Hall–Kier alpha value is -3.71. The lowest BCUT2D eigenvalue weighted by Gasteiger charge is -2.11. The summed E-state index contributed by atoms with van der Waals surface area (Å²) in [6.45, 7) is -0.103. The molecular formula is C23H21ClN2O5. The van der Waals surface area contributed by atoms with E-state index in [9.17, 15) is 9.59 Å². The number of para-hydroxylation sites is 1. The number of halogens is 1. The highest BCUT2D eigenvalue weighted by molar-refractivity contribution is 6.32. The second-order valence-corrected chi connectivity index (χ2v) is 6.76. The molecule has 0 unspecified atom stereocenters. The third-order valence-electron chi connectivity index (χ3n) is 3.98. The number of benzene rings is 3. The minimum Gasteiger partial charge on any atom is -0.489 e. The van der Waals surface area contributed by atoms with Gasteiger partial charge in [-0.2, -0.15) is 0 Å². The summed E-state index contributed by atoms with van der Waals surface area (Å²) in [4.78, 5) is 23.6. The van der Waals surface area contributed by atoms with Crippen molar-refractivity contribution >= 4 is 23.4 Å². The number of hydrogen-bond acceptors (Lipinski definition) is 5. The monoisotopic (exact) mass is 440 g/mol. The van der Waals surface area contributed by atoms with Crippen LogP contribution < -0.4 is 25.1 Å². The molecule has 0 aliphatic rings. The third-order valence-corrected chi connectivity index (χ3v) is 4.29. The SMILES string of the molecule is O=C(COc1ccc(OCc2ccccc2)cc1)NNC(=O)COc1ccccc1Cl. The molecule has 2 N–H and O–H groups in total. The lowest BCUT2D eigenvalue weighted by atomic mass is 10.2. The van der Waals surface area contributed by atoms with Gasteiger partial charge in [0, 0.05) is 0 Å². The minimum absolute atomic E-state index is 0.268. The molecule has 160 valence electrons. The first kappa shape index (κ1) is 22.0. The van der Waals surface area contributed by atoms with E-state index in [0.29, 0.717) is 28.9 Å². The molecule has 0 bridgehead atoms. The van der Waals surface area contributed by atoms with Crippen molar-refractivity contribution in [2.24, 2.45) is 0 Å². The van der Waals surface area contributed by atoms with Gasteiger partial charge in [-0.3, -0.25) is 20.4 Å². The first-order chi connectivity index (χ1) is 15.1. The third kappa shape index (κ3) is 7.56. The lowest BCUT2D eigenvalue weighted by Crippen LogP contribution is -2.45. The van der Waals surface area contributed by atoms with Crippen LogP contribution >= 0.6 is 11.6 Å². The Morgan fingerprint density at radius 1 is 0.677 bits per heavy atom. The van der Waals surface area contributed by atoms with Gasteiger partial charge in [-0.15, -0.1) is 0 Å². The zero-order valence-electron chi connectivity index (χ0n) is 16.5. The van der Waals surface area contributed by atoms with Crippen molar-refractivity contribution in [3.63, 3.8) is 0 Å². The summed E-state index contributed by atoms with van der Waals surface area (Å²) in [5.74, 6) is 0.510. The average molecular weight is 441 g/mol. The van der Waals surface area contributed by atoms with Crippen LogP contribution in [0.3, 0.4) is 0 Å². The molecule has 7 nitrogen and oxygen atoms in total. The molecule has 0 fully saturated rings. The van der Waals surface area contributed by atoms with Crippen molar-refractivity contribution in [3.05, 3.63) is 89.4 Å². The standard InChI is InChI=1S/C23H21ClN2O5/c24-20-8-4-5-9-21(20)31-16-23(28)26-25-22(27)15-30-19-12-10-18(11-13-19)29-14-17-6-2-1-3-7-17/h1-13H,14-16H2,(H,25,27)(H,26,28). The van der Waals surface area contributed by atoms with Gasteiger partial charge in [0.2, 0.25) is 0 Å². The zero-order chi connectivity index (χ0) is 21.9. The van der Waals surface area contributed by atoms with Gasteiger partial charge in [-0.1, -0.05) is 54.1 Å². The Morgan fingerprint density at radius 2 is 1.23 bits per heavy atom. The minimum atomic E-state index is -0.534. The van der Waals surface area contributed by atoms with Crippen LogP contribution in [0, 0.1) is 0 Å². The maximum atomic E-state index is 11.8. The van der Waals surface area contributed by atoms with E-state index in [4.69, 9.17) is 25.8 Å². The molecular weight excluding hydrogens is 420 g/mol. The van der Waals surface area contributed by atoms with Crippen molar-refractivity contribution in [3.8, 4) is 17.2 Å². The van der Waals surface area contributed by atoms with Crippen LogP contribution in [-0.4, -0.2) is 25.0 Å². The van der Waals surface area contributed by atoms with Crippen LogP contribution in [0.2, 0.25) is 5.02 Å². The number of hydrogen-bond donors (Lipinski definition) is 2. The van der Waals surface area contributed by atoms with Gasteiger partial charge in [0.15, 0.2) is 13.2 Å². The van der Waals surface area contributed by atoms with Gasteiger partial charge in [0.1, 0.15) is 23.9 Å². The lowest BCUT2D eigenvalue weighted by molar-refractivity contribution is -0.131. The van der Waals surface area contributed by atoms with Crippen molar-refractivity contribution < 1.29 is 23.8 Å². The number of nitrogens with one attached hydrogen (secondary N) is 2. The number of rotatable bonds is 9. The molecule has 31 heavy (non-hydrogen) atoms. The van der Waals surface area contributed by atoms with E-state index in [2.05, 4.69) is 10.9 Å². The molecule has 3 rings (SSSR count). The fourth-order valence-electron chi connectivity index (χ4n) is 2.44. The number of carbonyl (C=O) groups is 2. The molecule has 0 spiro atoms. The molecule has 0 aromatic heterocycles. The Balaban J connectivity index is 1.33. The van der Waals surface area contributed by atoms with Gasteiger partial charge < -0.3 is 14.2 Å². The van der Waals surface area contributed by atoms with Gasteiger partial charge in [0.05, 0.1) is 5.02 Å². The topological polar surface area (TPSA) is 85.9 Å². The van der Waals surface area contributed by atoms with E-state index in [1.54, 1.807) is 48.5 Å². The number of carbonyl (C=O) groups excluding carboxylic acids is 2. The normalized spacial score (nSPS) is 10.1. The fourth-order valence-corrected chi connectivity index (χ4v) is 2.63. The molecule has 0 atom stereocenters. The molecule has 3 aromatic rings. The predicted molar refractivity (Wildman–Crippen MR) is 116 cm³/mol. The van der Waals surface area contributed by atoms with Crippen LogP contribution in [0.4, 0.5) is 0 Å². The van der Waals surface area contributed by atoms with Crippen LogP contribution in [0.25, 0.3) is 0 Å². The largest absolute Gasteiger partial charge is 0.489 e. The van der Waals surface area contributed by atoms with Crippen molar-refractivity contribution in [2.75, 3.05) is 13.2 Å². The molecule has 8 heteroatoms. The van der Waals surface area contributed by atoms with Crippen molar-refractivity contribution in [1.82, 2.24) is 10.9 Å². The summed E-state index contributed by atoms with van der Waals surface area (Å²) < 4.78 is 16.4. The molecule has 3 aromatic carbocycles. The smallest absolute Gasteiger partial charge is 0.276 e. The van der Waals surface area contributed by atoms with E-state index in [1.807, 2.05) is 30.3 Å². The maximum Gasteiger partial charge on any atom is 0.276 e. The number of amides is 2. The Labute approximate surface area is 184 Å². The van der Waals surface area contributed by atoms with Gasteiger partial charge in [-0.25, -0.2) is 0 Å². The predicted octanol–water partition coefficient (Wildman–Crippen LogP) is 3.52. The van der Waals surface area contributed by atoms with Crippen molar-refractivity contribution in [2.45, 2.75) is 6.61 Å². The molecule has 0 saturated carbocycles. The number of ether oxygens (including phenoxy) is 3. The molecule has 2 amide bonds. The fraction of sp³-hybridized carbons (Fsp3) is 0.130. The first-order valence-corrected chi connectivity index (χ1v) is 9.82. The summed E-state index contributed by atoms with van der Waals surface area (Å²) in [5.41, 5.74) is 5.56. The Kier molecular flexibility index (Phi) is 8.13. The second kappa shape index (κ2) is 11.5. The molecule has 0 saturated heterocycles. The molecule has 0 radical (unpaired) electrons. The zero-order valence-corrected chi connectivity index (χ0v) is 17.3. The second-order valence-electron chi connectivity index (χ2n) is 6.35. The van der Waals surface area contributed by atoms with E-state index in [-0.39, 0.29) is 13.2 Å². The van der Waals surface area contributed by atoms with E-state index >= 15 is 0 Å². The van der Waals surface area contributed by atoms with Crippen LogP contribution in [0.1, 0.15) is 5.56 Å². The van der Waals surface area contributed by atoms with Gasteiger partial charge >= 0.3 is 0 Å². The summed E-state index contributed by atoms with van der Waals surface area (Å²) in [6.07, 6.45) is 0. The van der Waals surface area contributed by atoms with E-state index in [0.717, 1.165) is 5.56 Å². The van der Waals surface area contributed by atoms with Crippen LogP contribution in [0.15, 0.2) is 78.9 Å². The first-order valence-electron chi connectivity index (χ1n) is 9.45. The van der Waals surface area contributed by atoms with Crippen LogP contribution in [-0.2, 0) is 16.2 Å².